The maximum absolute atomic E-state index is 11.2. The number of aliphatic imine (C=N–C) groups is 1. The summed E-state index contributed by atoms with van der Waals surface area (Å²) in [4.78, 5) is 15.9. The fraction of sp³-hybridized carbons (Fsp3) is 0.556. The van der Waals surface area contributed by atoms with E-state index in [9.17, 15) is 4.79 Å². The van der Waals surface area contributed by atoms with Gasteiger partial charge in [0.05, 0.1) is 0 Å². The van der Waals surface area contributed by atoms with Crippen LogP contribution in [0.5, 0.6) is 0 Å². The summed E-state index contributed by atoms with van der Waals surface area (Å²) >= 11 is 6.35. The molecule has 5 heteroatoms. The van der Waals surface area contributed by atoms with Crippen molar-refractivity contribution in [1.29, 1.82) is 0 Å². The molecule has 0 aliphatic heterocycles. The van der Waals surface area contributed by atoms with Crippen LogP contribution in [0.15, 0.2) is 29.3 Å². The van der Waals surface area contributed by atoms with Crippen LogP contribution < -0.4 is 29.6 Å². The Hall–Kier alpha value is -0.190. The Labute approximate surface area is 166 Å². The number of ether oxygens (including phenoxy) is 1. The van der Waals surface area contributed by atoms with Crippen molar-refractivity contribution < 1.29 is 39.1 Å². The molecular weight excluding hydrogens is 321 g/mol. The predicted molar refractivity (Wildman–Crippen MR) is 90.7 cm³/mol. The van der Waals surface area contributed by atoms with E-state index in [1.165, 1.54) is 6.42 Å². The molecule has 1 fully saturated rings. The monoisotopic (exact) mass is 343 g/mol. The van der Waals surface area contributed by atoms with Crippen LogP contribution in [0.2, 0.25) is 5.02 Å². The van der Waals surface area contributed by atoms with E-state index in [1.54, 1.807) is 7.11 Å². The summed E-state index contributed by atoms with van der Waals surface area (Å²) < 4.78 is 5.04. The van der Waals surface area contributed by atoms with Gasteiger partial charge in [0.15, 0.2) is 0 Å². The second-order valence-corrected chi connectivity index (χ2v) is 6.12. The minimum Gasteiger partial charge on any atom is -0.540 e. The van der Waals surface area contributed by atoms with Gasteiger partial charge < -0.3 is 14.5 Å². The van der Waals surface area contributed by atoms with E-state index in [4.69, 9.17) is 21.3 Å². The molecule has 2 rings (SSSR count). The molecule has 1 aromatic rings. The summed E-state index contributed by atoms with van der Waals surface area (Å²) in [6, 6.07) is 7.56. The van der Waals surface area contributed by atoms with E-state index in [2.05, 4.69) is 12.4 Å². The summed E-state index contributed by atoms with van der Waals surface area (Å²) in [6.07, 6.45) is 7.88. The van der Waals surface area contributed by atoms with Crippen LogP contribution in [0.1, 0.15) is 50.0 Å². The van der Waals surface area contributed by atoms with E-state index in [0.717, 1.165) is 42.0 Å². The number of rotatable bonds is 7. The maximum atomic E-state index is 11.2. The Morgan fingerprint density at radius 3 is 2.87 bits per heavy atom. The Bertz CT molecular complexity index is 521. The Kier molecular flexibility index (Phi) is 10.3. The molecule has 0 bridgehead atoms. The number of halogens is 1. The zero-order valence-electron chi connectivity index (χ0n) is 14.1. The first-order valence-corrected chi connectivity index (χ1v) is 8.31. The van der Waals surface area contributed by atoms with Crippen LogP contribution in [-0.4, -0.2) is 31.8 Å². The molecule has 0 radical (unpaired) electrons. The van der Waals surface area contributed by atoms with Gasteiger partial charge in [-0.2, -0.15) is 0 Å². The zero-order chi connectivity index (χ0) is 15.8. The maximum Gasteiger partial charge on any atom is 1.00 e. The van der Waals surface area contributed by atoms with Gasteiger partial charge in [-0.1, -0.05) is 42.6 Å². The van der Waals surface area contributed by atoms with E-state index in [1.807, 2.05) is 18.2 Å². The summed E-state index contributed by atoms with van der Waals surface area (Å²) in [5.41, 5.74) is 2.23. The largest absolute Gasteiger partial charge is 1.00 e. The van der Waals surface area contributed by atoms with Gasteiger partial charge in [0.2, 0.25) is 0 Å². The molecule has 1 aliphatic rings. The molecule has 1 aliphatic carbocycles. The van der Waals surface area contributed by atoms with Gasteiger partial charge in [0.1, 0.15) is 0 Å². The topological polar surface area (TPSA) is 38.7 Å². The molecule has 0 amide bonds. The van der Waals surface area contributed by atoms with Crippen molar-refractivity contribution in [2.24, 2.45) is 4.99 Å². The minimum atomic E-state index is -0.381. The summed E-state index contributed by atoms with van der Waals surface area (Å²) in [7, 11) is 1.67. The Morgan fingerprint density at radius 2 is 2.17 bits per heavy atom. The molecule has 0 aromatic heterocycles. The molecule has 2 unspecified atom stereocenters. The van der Waals surface area contributed by atoms with Crippen molar-refractivity contribution in [3.8, 4) is 0 Å². The Balaban J connectivity index is 0.00000264. The number of nitrogens with zero attached hydrogens (tertiary/aromatic N) is 1. The molecule has 2 atom stereocenters. The molecule has 0 N–H and O–H groups in total. The van der Waals surface area contributed by atoms with Crippen molar-refractivity contribution in [2.75, 3.05) is 13.7 Å². The third kappa shape index (κ3) is 6.32. The van der Waals surface area contributed by atoms with Gasteiger partial charge >= 0.3 is 29.6 Å². The summed E-state index contributed by atoms with van der Waals surface area (Å²) in [6.45, 7) is 0.650. The zero-order valence-corrected chi connectivity index (χ0v) is 16.8. The molecule has 23 heavy (non-hydrogen) atoms. The molecule has 0 spiro atoms. The van der Waals surface area contributed by atoms with Gasteiger partial charge in [-0.3, -0.25) is 0 Å². The van der Waals surface area contributed by atoms with Crippen molar-refractivity contribution in [2.45, 2.75) is 50.5 Å². The van der Waals surface area contributed by atoms with Gasteiger partial charge in [0.25, 0.3) is 0 Å². The SMILES string of the molecule is COCCCC([C-]=O)N=C1CCCCC1c1ccccc1Cl.[Na+]. The van der Waals surface area contributed by atoms with Crippen LogP contribution in [0.3, 0.4) is 0 Å². The van der Waals surface area contributed by atoms with Crippen LogP contribution >= 0.6 is 11.6 Å². The van der Waals surface area contributed by atoms with Crippen molar-refractivity contribution >= 4 is 23.6 Å². The van der Waals surface area contributed by atoms with Crippen LogP contribution in [0.4, 0.5) is 0 Å². The van der Waals surface area contributed by atoms with E-state index in [0.29, 0.717) is 13.0 Å². The quantitative estimate of drug-likeness (QED) is 0.426. The third-order valence-corrected chi connectivity index (χ3v) is 4.49. The van der Waals surface area contributed by atoms with Crippen LogP contribution in [0.25, 0.3) is 0 Å². The number of methoxy groups -OCH3 is 1. The van der Waals surface area contributed by atoms with E-state index < -0.39 is 0 Å². The van der Waals surface area contributed by atoms with Crippen molar-refractivity contribution in [3.05, 3.63) is 34.9 Å². The van der Waals surface area contributed by atoms with Crippen LogP contribution in [0, 0.1) is 0 Å². The molecular formula is C18H23ClNNaO2. The molecule has 120 valence electrons. The number of hydrogen-bond donors (Lipinski definition) is 0. The van der Waals surface area contributed by atoms with Crippen molar-refractivity contribution in [3.63, 3.8) is 0 Å². The molecule has 0 heterocycles. The first kappa shape index (κ1) is 20.9. The van der Waals surface area contributed by atoms with Gasteiger partial charge in [-0.25, -0.2) is 6.29 Å². The molecule has 1 aromatic carbocycles. The average Bonchev–Trinajstić information content (AvgIpc) is 2.55. The average molecular weight is 344 g/mol. The smallest absolute Gasteiger partial charge is 0.540 e. The standard InChI is InChI=1S/C18H23ClNO2.Na/c1-22-12-6-7-14(13-21)20-18-11-5-3-9-16(18)15-8-2-4-10-17(15)19;/h2,4,8,10,14,16H,3,5-7,9,11-12H2,1H3;/q-1;+1. The molecule has 0 saturated heterocycles. The van der Waals surface area contributed by atoms with Crippen LogP contribution in [-0.2, 0) is 9.53 Å². The fourth-order valence-electron chi connectivity index (χ4n) is 3.01. The van der Waals surface area contributed by atoms with Gasteiger partial charge in [-0.05, 0) is 43.4 Å². The van der Waals surface area contributed by atoms with E-state index in [-0.39, 0.29) is 41.5 Å². The fourth-order valence-corrected chi connectivity index (χ4v) is 3.28. The first-order valence-electron chi connectivity index (χ1n) is 7.94. The second kappa shape index (κ2) is 11.4. The predicted octanol–water partition coefficient (Wildman–Crippen LogP) is 1.35. The first-order chi connectivity index (χ1) is 10.8. The molecule has 1 saturated carbocycles. The third-order valence-electron chi connectivity index (χ3n) is 4.14. The summed E-state index contributed by atoms with van der Waals surface area (Å²) in [5, 5.41) is 0.785. The molecule has 3 nitrogen and oxygen atoms in total. The minimum absolute atomic E-state index is 0. The van der Waals surface area contributed by atoms with Gasteiger partial charge in [0, 0.05) is 30.4 Å². The summed E-state index contributed by atoms with van der Waals surface area (Å²) in [5.74, 6) is 0.237. The Morgan fingerprint density at radius 1 is 1.39 bits per heavy atom. The number of carbonyl (C=O) groups excluding carboxylic acids is 1. The van der Waals surface area contributed by atoms with Gasteiger partial charge in [-0.15, -0.1) is 0 Å². The number of hydrogen-bond acceptors (Lipinski definition) is 3. The normalized spacial score (nSPS) is 20.8. The van der Waals surface area contributed by atoms with E-state index >= 15 is 0 Å². The number of benzene rings is 1. The van der Waals surface area contributed by atoms with Crippen molar-refractivity contribution in [1.82, 2.24) is 0 Å². The second-order valence-electron chi connectivity index (χ2n) is 5.71.